The largest absolute Gasteiger partial charge is 0.501 e. The molecule has 0 aliphatic heterocycles. The summed E-state index contributed by atoms with van der Waals surface area (Å²) in [5.41, 5.74) is 0. The summed E-state index contributed by atoms with van der Waals surface area (Å²) in [4.78, 5) is 25.4. The molecule has 0 N–H and O–H groups in total. The highest BCUT2D eigenvalue weighted by Gasteiger charge is 2.45. The Morgan fingerprint density at radius 2 is 0.912 bits per heavy atom. The quantitative estimate of drug-likeness (QED) is 0.241. The van der Waals surface area contributed by atoms with Crippen molar-refractivity contribution in [1.82, 2.24) is 0 Å². The van der Waals surface area contributed by atoms with Crippen LogP contribution < -0.4 is 15.6 Å². The minimum atomic E-state index is -3.27. The molecule has 0 saturated heterocycles. The molecule has 0 radical (unpaired) electrons. The van der Waals surface area contributed by atoms with Gasteiger partial charge < -0.3 is 8.85 Å². The van der Waals surface area contributed by atoms with Gasteiger partial charge in [-0.25, -0.2) is 9.59 Å². The molecule has 0 atom stereocenters. The smallest absolute Gasteiger partial charge is 0.439 e. The van der Waals surface area contributed by atoms with Crippen LogP contribution in [0.1, 0.15) is 20.8 Å². The second-order valence-corrected chi connectivity index (χ2v) is 15.9. The summed E-state index contributed by atoms with van der Waals surface area (Å²) in [5.74, 6) is 0. The normalized spacial score (nSPS) is 11.9. The van der Waals surface area contributed by atoms with Gasteiger partial charge in [0.2, 0.25) is 0 Å². The Morgan fingerprint density at radius 3 is 1.24 bits per heavy atom. The van der Waals surface area contributed by atoms with E-state index in [9.17, 15) is 9.59 Å². The van der Waals surface area contributed by atoms with Crippen LogP contribution in [-0.4, -0.2) is 28.8 Å². The average molecular weight is 491 g/mol. The Balaban J connectivity index is 1.99. The van der Waals surface area contributed by atoms with Gasteiger partial charge in [-0.3, -0.25) is 0 Å². The maximum absolute atomic E-state index is 13.0. The molecule has 0 fully saturated rings. The van der Waals surface area contributed by atoms with Gasteiger partial charge in [0.1, 0.15) is 0 Å². The summed E-state index contributed by atoms with van der Waals surface area (Å²) in [6.45, 7) is 6.03. The number of hydrogen-bond donors (Lipinski definition) is 0. The second-order valence-electron chi connectivity index (χ2n) is 7.96. The van der Waals surface area contributed by atoms with Crippen LogP contribution in [0.3, 0.4) is 0 Å². The number of benzene rings is 3. The number of hydrogen-bond acceptors (Lipinski definition) is 4. The summed E-state index contributed by atoms with van der Waals surface area (Å²) >= 11 is 0. The van der Waals surface area contributed by atoms with Crippen molar-refractivity contribution in [3.63, 3.8) is 0 Å². The van der Waals surface area contributed by atoms with Crippen LogP contribution in [0.4, 0.5) is 9.59 Å². The van der Waals surface area contributed by atoms with Crippen LogP contribution in [0.25, 0.3) is 0 Å². The standard InChI is InChI=1S/C26H30N2O4Si2/c1-4-33(5-2,6-3)31-25(29)27-28-26(30)32-34(22-16-10-7-11-17-22,23-18-12-8-13-19-23)24-20-14-9-15-21-24/h7-21H,4-6H2,1-3H3/b28-27+. The highest BCUT2D eigenvalue weighted by atomic mass is 28.4. The summed E-state index contributed by atoms with van der Waals surface area (Å²) in [6, 6.07) is 31.3. The number of carbonyl (C=O) groups excluding carboxylic acids is 2. The van der Waals surface area contributed by atoms with E-state index in [2.05, 4.69) is 10.2 Å². The van der Waals surface area contributed by atoms with Crippen molar-refractivity contribution in [3.8, 4) is 0 Å². The molecule has 3 aromatic carbocycles. The number of amides is 2. The topological polar surface area (TPSA) is 77.3 Å². The Kier molecular flexibility index (Phi) is 8.67. The lowest BCUT2D eigenvalue weighted by atomic mass is 10.3. The Labute approximate surface area is 202 Å². The van der Waals surface area contributed by atoms with E-state index in [4.69, 9.17) is 8.85 Å². The van der Waals surface area contributed by atoms with Gasteiger partial charge in [-0.2, -0.15) is 0 Å². The average Bonchev–Trinajstić information content (AvgIpc) is 2.91. The maximum Gasteiger partial charge on any atom is 0.439 e. The minimum Gasteiger partial charge on any atom is -0.501 e. The van der Waals surface area contributed by atoms with Crippen LogP contribution in [0.2, 0.25) is 18.1 Å². The van der Waals surface area contributed by atoms with Crippen molar-refractivity contribution >= 4 is 44.4 Å². The minimum absolute atomic E-state index is 0.789. The van der Waals surface area contributed by atoms with E-state index in [1.54, 1.807) is 0 Å². The summed E-state index contributed by atoms with van der Waals surface area (Å²) in [6.07, 6.45) is -1.75. The van der Waals surface area contributed by atoms with Crippen LogP contribution in [0.15, 0.2) is 101 Å². The monoisotopic (exact) mass is 490 g/mol. The Hall–Kier alpha value is -3.37. The fraction of sp³-hybridized carbons (Fsp3) is 0.231. The van der Waals surface area contributed by atoms with Gasteiger partial charge in [0, 0.05) is 0 Å². The van der Waals surface area contributed by atoms with Gasteiger partial charge in [-0.15, -0.1) is 0 Å². The zero-order valence-electron chi connectivity index (χ0n) is 19.8. The van der Waals surface area contributed by atoms with Crippen molar-refractivity contribution < 1.29 is 18.4 Å². The molecule has 8 heteroatoms. The summed E-state index contributed by atoms with van der Waals surface area (Å²) in [7, 11) is -5.48. The van der Waals surface area contributed by atoms with Gasteiger partial charge in [0.25, 0.3) is 8.32 Å². The second kappa shape index (κ2) is 11.7. The molecule has 3 aromatic rings. The number of carbonyl (C=O) groups is 2. The molecule has 2 amide bonds. The molecular weight excluding hydrogens is 460 g/mol. The SMILES string of the molecule is CC[Si](CC)(CC)OC(=O)/N=N/C(=O)O[Si](c1ccccc1)(c1ccccc1)c1ccccc1. The van der Waals surface area contributed by atoms with Crippen molar-refractivity contribution in [2.75, 3.05) is 0 Å². The van der Waals surface area contributed by atoms with E-state index in [0.29, 0.717) is 0 Å². The van der Waals surface area contributed by atoms with Crippen LogP contribution in [-0.2, 0) is 8.85 Å². The van der Waals surface area contributed by atoms with Crippen LogP contribution in [0, 0.1) is 0 Å². The van der Waals surface area contributed by atoms with Crippen molar-refractivity contribution in [2.45, 2.75) is 38.9 Å². The van der Waals surface area contributed by atoms with E-state index in [1.807, 2.05) is 112 Å². The first kappa shape index (κ1) is 25.3. The first-order chi connectivity index (χ1) is 16.5. The van der Waals surface area contributed by atoms with Crippen molar-refractivity contribution in [2.24, 2.45) is 10.2 Å². The maximum atomic E-state index is 13.0. The zero-order valence-corrected chi connectivity index (χ0v) is 21.8. The molecular formula is C26H30N2O4Si2. The fourth-order valence-electron chi connectivity index (χ4n) is 4.10. The molecule has 0 aromatic heterocycles. The molecule has 0 unspecified atom stereocenters. The zero-order chi connectivity index (χ0) is 24.4. The van der Waals surface area contributed by atoms with Crippen molar-refractivity contribution in [3.05, 3.63) is 91.0 Å². The summed E-state index contributed by atoms with van der Waals surface area (Å²) < 4.78 is 11.9. The Morgan fingerprint density at radius 1 is 0.588 bits per heavy atom. The predicted octanol–water partition coefficient (Wildman–Crippen LogP) is 5.38. The lowest BCUT2D eigenvalue weighted by Gasteiger charge is -2.31. The van der Waals surface area contributed by atoms with E-state index in [1.165, 1.54) is 0 Å². The van der Waals surface area contributed by atoms with Gasteiger partial charge in [0.15, 0.2) is 0 Å². The molecule has 3 rings (SSSR count). The van der Waals surface area contributed by atoms with E-state index >= 15 is 0 Å². The molecule has 0 heterocycles. The van der Waals surface area contributed by atoms with Gasteiger partial charge >= 0.3 is 20.5 Å². The molecule has 0 aliphatic carbocycles. The van der Waals surface area contributed by atoms with Gasteiger partial charge in [0.05, 0.1) is 0 Å². The first-order valence-corrected chi connectivity index (χ1v) is 16.0. The molecule has 34 heavy (non-hydrogen) atoms. The first-order valence-electron chi connectivity index (χ1n) is 11.5. The number of rotatable bonds is 8. The third-order valence-corrected chi connectivity index (χ3v) is 14.6. The van der Waals surface area contributed by atoms with Crippen molar-refractivity contribution in [1.29, 1.82) is 0 Å². The van der Waals surface area contributed by atoms with E-state index < -0.39 is 28.8 Å². The molecule has 176 valence electrons. The highest BCUT2D eigenvalue weighted by Crippen LogP contribution is 2.22. The molecule has 0 saturated carbocycles. The molecule has 6 nitrogen and oxygen atoms in total. The highest BCUT2D eigenvalue weighted by molar-refractivity contribution is 7.07. The van der Waals surface area contributed by atoms with E-state index in [-0.39, 0.29) is 0 Å². The van der Waals surface area contributed by atoms with Gasteiger partial charge in [-0.1, -0.05) is 122 Å². The van der Waals surface area contributed by atoms with Crippen LogP contribution >= 0.6 is 0 Å². The lowest BCUT2D eigenvalue weighted by molar-refractivity contribution is 0.198. The Bertz CT molecular complexity index is 1000. The third kappa shape index (κ3) is 5.57. The predicted molar refractivity (Wildman–Crippen MR) is 139 cm³/mol. The molecule has 0 bridgehead atoms. The molecule has 0 aliphatic rings. The lowest BCUT2D eigenvalue weighted by Crippen LogP contribution is -2.69. The summed E-state index contributed by atoms with van der Waals surface area (Å²) in [5, 5.41) is 9.83. The van der Waals surface area contributed by atoms with Crippen LogP contribution in [0.5, 0.6) is 0 Å². The number of azo groups is 1. The van der Waals surface area contributed by atoms with Gasteiger partial charge in [-0.05, 0) is 33.7 Å². The molecule has 0 spiro atoms. The van der Waals surface area contributed by atoms with E-state index in [0.717, 1.165) is 33.7 Å². The number of nitrogens with zero attached hydrogens (tertiary/aromatic N) is 2. The third-order valence-electron chi connectivity index (χ3n) is 6.23. The fourth-order valence-corrected chi connectivity index (χ4v) is 10.1.